The van der Waals surface area contributed by atoms with Gasteiger partial charge >= 0.3 is 144 Å². The van der Waals surface area contributed by atoms with Crippen LogP contribution in [0.4, 0.5) is 0 Å². The zero-order valence-corrected chi connectivity index (χ0v) is 44.1. The van der Waals surface area contributed by atoms with Crippen LogP contribution in [-0.2, 0) is 33.1 Å². The van der Waals surface area contributed by atoms with Gasteiger partial charge in [-0.25, -0.2) is 4.98 Å². The summed E-state index contributed by atoms with van der Waals surface area (Å²) in [6.45, 7) is 9.02. The average molecular weight is 1120 g/mol. The van der Waals surface area contributed by atoms with Crippen LogP contribution in [0.3, 0.4) is 0 Å². The van der Waals surface area contributed by atoms with E-state index in [1.807, 2.05) is 31.2 Å². The van der Waals surface area contributed by atoms with E-state index < -0.39 is 13.3 Å². The summed E-state index contributed by atoms with van der Waals surface area (Å²) in [6, 6.07) is 48.9. The third-order valence-corrected chi connectivity index (χ3v) is 17.8. The third-order valence-electron chi connectivity index (χ3n) is 13.5. The van der Waals surface area contributed by atoms with Crippen LogP contribution in [0.15, 0.2) is 132 Å². The van der Waals surface area contributed by atoms with Crippen LogP contribution in [-0.4, -0.2) is 37.8 Å². The standard InChI is InChI=1S/C38H29N4O.C21H28GeN.Ir/c1-22-9-8-10-23(2)32(22)30-20-18-28-33-24(3)13-17-29(36(33)43-38(28)41-30)37-40-31-19-16-27-15-14-25(4)39-34(27)35(31)42(37)21-26-11-6-5-7-12-26;1-22(2,3)20-16-23-21(18-12-8-5-9-13-18)15-19(20)14-17-10-6-4-7-11-17;/h5-16,18-20H,21H2,1-4H3;5,8-9,12,15-17H,4,6-7,10-11,14H2,1-3H3;/q2*-1;. The van der Waals surface area contributed by atoms with Crippen LogP contribution in [0.25, 0.3) is 77.9 Å². The first kappa shape index (κ1) is 46.4. The van der Waals surface area contributed by atoms with E-state index in [0.717, 1.165) is 89.4 Å². The topological polar surface area (TPSA) is 69.6 Å². The van der Waals surface area contributed by atoms with Crippen LogP contribution >= 0.6 is 0 Å². The fourth-order valence-electron chi connectivity index (χ4n) is 10.1. The number of benzene rings is 5. The van der Waals surface area contributed by atoms with Crippen molar-refractivity contribution < 1.29 is 24.5 Å². The van der Waals surface area contributed by atoms with E-state index in [4.69, 9.17) is 24.4 Å². The fraction of sp³-hybridized carbons (Fsp3) is 0.254. The van der Waals surface area contributed by atoms with Crippen molar-refractivity contribution in [2.75, 3.05) is 0 Å². The number of furan rings is 1. The van der Waals surface area contributed by atoms with Crippen molar-refractivity contribution >= 4 is 61.7 Å². The van der Waals surface area contributed by atoms with E-state index in [9.17, 15) is 0 Å². The van der Waals surface area contributed by atoms with E-state index in [1.165, 1.54) is 55.2 Å². The van der Waals surface area contributed by atoms with Gasteiger partial charge in [0.05, 0.1) is 33.7 Å². The molecule has 0 amide bonds. The van der Waals surface area contributed by atoms with E-state index in [-0.39, 0.29) is 20.1 Å². The van der Waals surface area contributed by atoms with Gasteiger partial charge in [0.1, 0.15) is 0 Å². The van der Waals surface area contributed by atoms with Gasteiger partial charge in [0.2, 0.25) is 5.71 Å². The summed E-state index contributed by atoms with van der Waals surface area (Å²) in [6.07, 6.45) is 10.5. The van der Waals surface area contributed by atoms with Crippen LogP contribution < -0.4 is 4.40 Å². The molecule has 5 aromatic heterocycles. The first-order valence-electron chi connectivity index (χ1n) is 23.6. The van der Waals surface area contributed by atoms with Crippen molar-refractivity contribution in [3.8, 4) is 33.9 Å². The second-order valence-corrected chi connectivity index (χ2v) is 30.0. The summed E-state index contributed by atoms with van der Waals surface area (Å²) in [7, 11) is 0. The molecule has 0 atom stereocenters. The zero-order chi connectivity index (χ0) is 45.5. The second kappa shape index (κ2) is 19.5. The number of hydrogen-bond acceptors (Lipinski definition) is 5. The van der Waals surface area contributed by atoms with Gasteiger partial charge in [-0.2, -0.15) is 0 Å². The quantitative estimate of drug-likeness (QED) is 0.112. The Morgan fingerprint density at radius 1 is 0.731 bits per heavy atom. The van der Waals surface area contributed by atoms with E-state index >= 15 is 0 Å². The summed E-state index contributed by atoms with van der Waals surface area (Å²) < 4.78 is 10.5. The Balaban J connectivity index is 0.000000199. The Bertz CT molecular complexity index is 3360. The van der Waals surface area contributed by atoms with Gasteiger partial charge in [0, 0.05) is 48.7 Å². The summed E-state index contributed by atoms with van der Waals surface area (Å²) in [5, 5.41) is 3.12. The minimum Gasteiger partial charge on any atom is 0 e. The maximum atomic E-state index is 6.66. The molecule has 1 radical (unpaired) electrons. The van der Waals surface area contributed by atoms with Crippen molar-refractivity contribution in [3.63, 3.8) is 0 Å². The Labute approximate surface area is 411 Å². The molecule has 1 aliphatic carbocycles. The monoisotopic (exact) mass is 1120 g/mol. The van der Waals surface area contributed by atoms with Crippen molar-refractivity contribution in [1.82, 2.24) is 24.5 Å². The molecule has 1 fully saturated rings. The molecular formula is C59H57GeIrN5O-2. The van der Waals surface area contributed by atoms with Crippen molar-refractivity contribution in [3.05, 3.63) is 173 Å². The summed E-state index contributed by atoms with van der Waals surface area (Å²) in [5.74, 6) is 9.12. The first-order valence-corrected chi connectivity index (χ1v) is 30.9. The molecule has 1 saturated carbocycles. The molecule has 5 heterocycles. The van der Waals surface area contributed by atoms with Crippen LogP contribution in [0.1, 0.15) is 65.6 Å². The maximum absolute atomic E-state index is 6.66. The Morgan fingerprint density at radius 2 is 1.49 bits per heavy atom. The molecule has 6 nitrogen and oxygen atoms in total. The normalized spacial score (nSPS) is 13.2. The van der Waals surface area contributed by atoms with E-state index in [2.05, 4.69) is 158 Å². The number of hydrogen-bond donors (Lipinski definition) is 0. The van der Waals surface area contributed by atoms with Gasteiger partial charge in [-0.1, -0.05) is 78.5 Å². The second-order valence-electron chi connectivity index (χ2n) is 19.4. The summed E-state index contributed by atoms with van der Waals surface area (Å²) in [5.41, 5.74) is 16.5. The molecule has 1 aliphatic rings. The minimum atomic E-state index is -1.89. The van der Waals surface area contributed by atoms with Gasteiger partial charge in [-0.15, -0.1) is 17.7 Å². The largest absolute Gasteiger partial charge is 0 e. The molecule has 11 rings (SSSR count). The molecule has 0 unspecified atom stereocenters. The Kier molecular flexibility index (Phi) is 13.5. The van der Waals surface area contributed by atoms with Gasteiger partial charge in [0.25, 0.3) is 0 Å². The van der Waals surface area contributed by atoms with Gasteiger partial charge < -0.3 is 8.98 Å². The molecule has 67 heavy (non-hydrogen) atoms. The van der Waals surface area contributed by atoms with E-state index in [0.29, 0.717) is 12.3 Å². The van der Waals surface area contributed by atoms with Crippen LogP contribution in [0.2, 0.25) is 17.3 Å². The SMILES string of the molecule is Cc1ccc2ccc3nc(-c4[c-]cc(C)c5c4oc4nc(-c6c(C)cccc6C)ccc45)n(Cc4ccccc4)c3c2n1.[CH3][Ge]([CH3])([CH3])[c]1cnc(-c2[c-]cccc2)cc1CC1CCCCC1.[Ir]. The molecule has 0 saturated heterocycles. The van der Waals surface area contributed by atoms with Crippen LogP contribution in [0.5, 0.6) is 0 Å². The Morgan fingerprint density at radius 3 is 2.24 bits per heavy atom. The number of nitrogens with zero attached hydrogens (tertiary/aromatic N) is 5. The number of rotatable bonds is 8. The molecular weight excluding hydrogens is 1060 g/mol. The third kappa shape index (κ3) is 9.44. The molecule has 5 aromatic carbocycles. The molecule has 10 aromatic rings. The number of aryl methyl sites for hydroxylation is 4. The molecule has 339 valence electrons. The zero-order valence-electron chi connectivity index (χ0n) is 39.6. The summed E-state index contributed by atoms with van der Waals surface area (Å²) in [4.78, 5) is 20.0. The molecule has 0 N–H and O–H groups in total. The van der Waals surface area contributed by atoms with Crippen molar-refractivity contribution in [2.24, 2.45) is 5.92 Å². The predicted octanol–water partition coefficient (Wildman–Crippen LogP) is 14.5. The predicted molar refractivity (Wildman–Crippen MR) is 276 cm³/mol. The number of imidazole rings is 1. The van der Waals surface area contributed by atoms with Gasteiger partial charge in [0.15, 0.2) is 0 Å². The molecule has 8 heteroatoms. The van der Waals surface area contributed by atoms with Gasteiger partial charge in [-0.3, -0.25) is 9.97 Å². The van der Waals surface area contributed by atoms with Gasteiger partial charge in [-0.05, 0) is 61.7 Å². The maximum Gasteiger partial charge on any atom is 0 e. The number of fused-ring (bicyclic) bond motifs is 6. The Hall–Kier alpha value is -5.73. The smallest absolute Gasteiger partial charge is 0 e. The minimum absolute atomic E-state index is 0. The van der Waals surface area contributed by atoms with Crippen LogP contribution in [0, 0.1) is 45.7 Å². The number of pyridine rings is 3. The average Bonchev–Trinajstić information content (AvgIpc) is 3.89. The molecule has 0 bridgehead atoms. The first-order chi connectivity index (χ1) is 32.0. The number of aromatic nitrogens is 5. The fourth-order valence-corrected chi connectivity index (χ4v) is 13.5. The molecule has 0 aliphatic heterocycles. The van der Waals surface area contributed by atoms with Crippen molar-refractivity contribution in [1.29, 1.82) is 0 Å². The van der Waals surface area contributed by atoms with Crippen molar-refractivity contribution in [2.45, 2.75) is 90.0 Å². The molecule has 0 spiro atoms. The van der Waals surface area contributed by atoms with E-state index in [1.54, 1.807) is 9.96 Å². The summed E-state index contributed by atoms with van der Waals surface area (Å²) >= 11 is -1.89.